The average Bonchev–Trinajstić information content (AvgIpc) is 3.04. The molecule has 1 aromatic heterocycles. The van der Waals surface area contributed by atoms with Gasteiger partial charge in [0.1, 0.15) is 5.82 Å². The number of hydrogen-bond acceptors (Lipinski definition) is 3. The van der Waals surface area contributed by atoms with Crippen LogP contribution in [0, 0.1) is 11.2 Å². The topological polar surface area (TPSA) is 73.5 Å². The lowest BCUT2D eigenvalue weighted by atomic mass is 9.78. The number of hydrogen-bond donors (Lipinski definition) is 1. The molecule has 26 heavy (non-hydrogen) atoms. The molecule has 2 aliphatic heterocycles. The highest BCUT2D eigenvalue weighted by Crippen LogP contribution is 2.40. The van der Waals surface area contributed by atoms with E-state index in [4.69, 9.17) is 0 Å². The Hall–Kier alpha value is -2.70. The molecule has 1 N–H and O–H groups in total. The van der Waals surface area contributed by atoms with E-state index in [1.807, 2.05) is 0 Å². The van der Waals surface area contributed by atoms with Gasteiger partial charge in [-0.2, -0.15) is 0 Å². The molecule has 6 nitrogen and oxygen atoms in total. The zero-order valence-corrected chi connectivity index (χ0v) is 14.5. The third-order valence-electron chi connectivity index (χ3n) is 5.63. The molecule has 1 spiro atoms. The number of carbonyl (C=O) groups excluding carboxylic acids is 2. The fraction of sp³-hybridized carbons (Fsp3) is 0.421. The highest BCUT2D eigenvalue weighted by molar-refractivity contribution is 6.06. The summed E-state index contributed by atoms with van der Waals surface area (Å²) in [4.78, 5) is 43.6. The lowest BCUT2D eigenvalue weighted by Crippen LogP contribution is -2.48. The number of fused-ring (bicyclic) bond motifs is 1. The highest BCUT2D eigenvalue weighted by atomic mass is 19.1. The Bertz CT molecular complexity index is 970. The first kappa shape index (κ1) is 16.8. The number of aromatic nitrogens is 1. The molecule has 1 aromatic carbocycles. The third-order valence-corrected chi connectivity index (χ3v) is 5.63. The Labute approximate surface area is 149 Å². The van der Waals surface area contributed by atoms with Crippen molar-refractivity contribution in [2.45, 2.75) is 19.3 Å². The molecule has 3 heterocycles. The SMILES string of the molecule is CN1CCC[C@@]2(CCN(C(=O)c3cc(=O)[nH]c4ccc(F)cc34)C2)C1=O. The van der Waals surface area contributed by atoms with E-state index in [-0.39, 0.29) is 17.4 Å². The standard InChI is InChI=1S/C19H20FN3O3/c1-22-7-2-5-19(18(22)26)6-8-23(11-19)17(25)14-10-16(24)21-15-4-3-12(20)9-13(14)15/h3-4,9-10H,2,5-8,11H2,1H3,(H,21,24)/t19-/m0/s1. The molecule has 0 unspecified atom stereocenters. The summed E-state index contributed by atoms with van der Waals surface area (Å²) in [6.45, 7) is 1.55. The second kappa shape index (κ2) is 5.93. The van der Waals surface area contributed by atoms with Crippen LogP contribution in [0.4, 0.5) is 4.39 Å². The van der Waals surface area contributed by atoms with Crippen molar-refractivity contribution in [2.75, 3.05) is 26.7 Å². The number of carbonyl (C=O) groups is 2. The van der Waals surface area contributed by atoms with Crippen LogP contribution in [0.25, 0.3) is 10.9 Å². The molecule has 0 aliphatic carbocycles. The lowest BCUT2D eigenvalue weighted by Gasteiger charge is -2.37. The number of piperidine rings is 1. The summed E-state index contributed by atoms with van der Waals surface area (Å²) in [5.74, 6) is -0.717. The number of benzene rings is 1. The second-order valence-electron chi connectivity index (χ2n) is 7.32. The summed E-state index contributed by atoms with van der Waals surface area (Å²) in [5, 5.41) is 0.377. The van der Waals surface area contributed by atoms with Gasteiger partial charge in [-0.05, 0) is 37.5 Å². The van der Waals surface area contributed by atoms with Crippen molar-refractivity contribution in [3.63, 3.8) is 0 Å². The monoisotopic (exact) mass is 357 g/mol. The molecular weight excluding hydrogens is 337 g/mol. The van der Waals surface area contributed by atoms with Crippen molar-refractivity contribution in [1.82, 2.24) is 14.8 Å². The van der Waals surface area contributed by atoms with Crippen LogP contribution in [0.3, 0.4) is 0 Å². The molecule has 0 radical (unpaired) electrons. The molecule has 2 fully saturated rings. The minimum absolute atomic E-state index is 0.0841. The van der Waals surface area contributed by atoms with E-state index in [0.717, 1.165) is 19.4 Å². The number of amides is 2. The van der Waals surface area contributed by atoms with Gasteiger partial charge in [0.2, 0.25) is 11.5 Å². The Morgan fingerprint density at radius 1 is 1.19 bits per heavy atom. The zero-order chi connectivity index (χ0) is 18.5. The molecule has 1 atom stereocenters. The van der Waals surface area contributed by atoms with Crippen LogP contribution in [-0.4, -0.2) is 53.3 Å². The van der Waals surface area contributed by atoms with Crippen LogP contribution in [0.5, 0.6) is 0 Å². The van der Waals surface area contributed by atoms with E-state index < -0.39 is 16.8 Å². The number of likely N-dealkylation sites (tertiary alicyclic amines) is 2. The molecule has 136 valence electrons. The molecule has 0 saturated carbocycles. The fourth-order valence-corrected chi connectivity index (χ4v) is 4.27. The van der Waals surface area contributed by atoms with E-state index in [9.17, 15) is 18.8 Å². The van der Waals surface area contributed by atoms with Crippen molar-refractivity contribution >= 4 is 22.7 Å². The highest BCUT2D eigenvalue weighted by Gasteiger charge is 2.48. The number of H-pyrrole nitrogens is 1. The van der Waals surface area contributed by atoms with Crippen molar-refractivity contribution in [3.05, 3.63) is 46.0 Å². The van der Waals surface area contributed by atoms with Gasteiger partial charge in [0.05, 0.1) is 11.0 Å². The Morgan fingerprint density at radius 2 is 2.00 bits per heavy atom. The van der Waals surface area contributed by atoms with Crippen LogP contribution in [0.15, 0.2) is 29.1 Å². The number of nitrogens with one attached hydrogen (secondary N) is 1. The van der Waals surface area contributed by atoms with Crippen LogP contribution in [0.2, 0.25) is 0 Å². The van der Waals surface area contributed by atoms with Gasteiger partial charge in [-0.1, -0.05) is 0 Å². The Kier molecular flexibility index (Phi) is 3.82. The number of aromatic amines is 1. The Balaban J connectivity index is 1.69. The fourth-order valence-electron chi connectivity index (χ4n) is 4.27. The first-order valence-corrected chi connectivity index (χ1v) is 8.77. The van der Waals surface area contributed by atoms with Crippen molar-refractivity contribution in [1.29, 1.82) is 0 Å². The molecule has 2 saturated heterocycles. The summed E-state index contributed by atoms with van der Waals surface area (Å²) in [7, 11) is 1.79. The van der Waals surface area contributed by atoms with Crippen molar-refractivity contribution in [2.24, 2.45) is 5.41 Å². The van der Waals surface area contributed by atoms with E-state index in [0.29, 0.717) is 30.4 Å². The molecular formula is C19H20FN3O3. The van der Waals surface area contributed by atoms with E-state index in [1.54, 1.807) is 16.8 Å². The predicted octanol–water partition coefficient (Wildman–Crippen LogP) is 1.75. The first-order chi connectivity index (χ1) is 12.4. The van der Waals surface area contributed by atoms with Crippen LogP contribution >= 0.6 is 0 Å². The van der Waals surface area contributed by atoms with Gasteiger partial charge in [-0.3, -0.25) is 14.4 Å². The minimum atomic E-state index is -0.523. The number of pyridine rings is 1. The van der Waals surface area contributed by atoms with Gasteiger partial charge in [0.25, 0.3) is 5.91 Å². The normalized spacial score (nSPS) is 23.2. The van der Waals surface area contributed by atoms with Gasteiger partial charge in [0.15, 0.2) is 0 Å². The molecule has 2 aliphatic rings. The number of rotatable bonds is 1. The van der Waals surface area contributed by atoms with Crippen molar-refractivity contribution in [3.8, 4) is 0 Å². The van der Waals surface area contributed by atoms with E-state index in [1.165, 1.54) is 24.3 Å². The second-order valence-corrected chi connectivity index (χ2v) is 7.32. The third kappa shape index (κ3) is 2.58. The quantitative estimate of drug-likeness (QED) is 0.845. The summed E-state index contributed by atoms with van der Waals surface area (Å²) in [6.07, 6.45) is 2.31. The summed E-state index contributed by atoms with van der Waals surface area (Å²) in [5.41, 5.74) is -0.332. The van der Waals surface area contributed by atoms with Crippen LogP contribution in [-0.2, 0) is 4.79 Å². The van der Waals surface area contributed by atoms with Gasteiger partial charge in [0, 0.05) is 43.7 Å². The summed E-state index contributed by atoms with van der Waals surface area (Å²) >= 11 is 0. The van der Waals surface area contributed by atoms with Gasteiger partial charge >= 0.3 is 0 Å². The van der Waals surface area contributed by atoms with E-state index >= 15 is 0 Å². The number of nitrogens with zero attached hydrogens (tertiary/aromatic N) is 2. The number of halogens is 1. The predicted molar refractivity (Wildman–Crippen MR) is 94.4 cm³/mol. The summed E-state index contributed by atoms with van der Waals surface area (Å²) < 4.78 is 13.7. The maximum Gasteiger partial charge on any atom is 0.254 e. The van der Waals surface area contributed by atoms with Gasteiger partial charge in [-0.15, -0.1) is 0 Å². The van der Waals surface area contributed by atoms with Crippen molar-refractivity contribution < 1.29 is 14.0 Å². The van der Waals surface area contributed by atoms with Crippen LogP contribution in [0.1, 0.15) is 29.6 Å². The molecule has 4 rings (SSSR count). The molecule has 7 heteroatoms. The maximum absolute atomic E-state index is 13.7. The molecule has 2 amide bonds. The lowest BCUT2D eigenvalue weighted by molar-refractivity contribution is -0.143. The minimum Gasteiger partial charge on any atom is -0.345 e. The van der Waals surface area contributed by atoms with Gasteiger partial charge in [-0.25, -0.2) is 4.39 Å². The van der Waals surface area contributed by atoms with Crippen LogP contribution < -0.4 is 5.56 Å². The summed E-state index contributed by atoms with van der Waals surface area (Å²) in [6, 6.07) is 5.16. The first-order valence-electron chi connectivity index (χ1n) is 8.77. The van der Waals surface area contributed by atoms with E-state index in [2.05, 4.69) is 4.98 Å². The average molecular weight is 357 g/mol. The molecule has 2 aromatic rings. The largest absolute Gasteiger partial charge is 0.345 e. The molecule has 0 bridgehead atoms. The maximum atomic E-state index is 13.7. The zero-order valence-electron chi connectivity index (χ0n) is 14.5. The van der Waals surface area contributed by atoms with Gasteiger partial charge < -0.3 is 14.8 Å². The smallest absolute Gasteiger partial charge is 0.254 e. The Morgan fingerprint density at radius 3 is 2.81 bits per heavy atom.